The van der Waals surface area contributed by atoms with E-state index in [1.807, 2.05) is 26.0 Å². The van der Waals surface area contributed by atoms with Crippen molar-refractivity contribution in [2.75, 3.05) is 0 Å². The van der Waals surface area contributed by atoms with Crippen molar-refractivity contribution < 1.29 is 19.1 Å². The molecular weight excluding hydrogens is 346 g/mol. The van der Waals surface area contributed by atoms with Gasteiger partial charge in [-0.25, -0.2) is 0 Å². The normalized spacial score (nSPS) is 11.6. The second kappa shape index (κ2) is 8.07. The SMILES string of the molecule is CC(=O)c1c(C)[nH]c(C(=O)NNC(=O)C(C)Oc2cccc(C)c2C)c1C. The molecule has 1 unspecified atom stereocenters. The maximum absolute atomic E-state index is 12.3. The van der Waals surface area contributed by atoms with Gasteiger partial charge in [-0.15, -0.1) is 0 Å². The molecule has 0 bridgehead atoms. The molecule has 7 heteroatoms. The quantitative estimate of drug-likeness (QED) is 0.556. The van der Waals surface area contributed by atoms with Crippen LogP contribution in [0.3, 0.4) is 0 Å². The smallest absolute Gasteiger partial charge is 0.286 e. The van der Waals surface area contributed by atoms with Gasteiger partial charge in [0.05, 0.1) is 0 Å². The maximum Gasteiger partial charge on any atom is 0.286 e. The van der Waals surface area contributed by atoms with E-state index in [2.05, 4.69) is 15.8 Å². The Hall–Kier alpha value is -3.09. The monoisotopic (exact) mass is 371 g/mol. The van der Waals surface area contributed by atoms with E-state index >= 15 is 0 Å². The highest BCUT2D eigenvalue weighted by Crippen LogP contribution is 2.22. The lowest BCUT2D eigenvalue weighted by Gasteiger charge is -2.17. The van der Waals surface area contributed by atoms with Crippen molar-refractivity contribution >= 4 is 17.6 Å². The highest BCUT2D eigenvalue weighted by Gasteiger charge is 2.21. The van der Waals surface area contributed by atoms with Crippen LogP contribution in [0, 0.1) is 27.7 Å². The molecule has 0 aliphatic rings. The minimum absolute atomic E-state index is 0.125. The van der Waals surface area contributed by atoms with E-state index in [4.69, 9.17) is 4.74 Å². The molecule has 27 heavy (non-hydrogen) atoms. The van der Waals surface area contributed by atoms with Gasteiger partial charge in [0.1, 0.15) is 11.4 Å². The van der Waals surface area contributed by atoms with Crippen molar-refractivity contribution in [2.24, 2.45) is 0 Å². The first-order chi connectivity index (χ1) is 12.6. The van der Waals surface area contributed by atoms with Crippen molar-refractivity contribution in [3.8, 4) is 5.75 Å². The molecule has 3 N–H and O–H groups in total. The van der Waals surface area contributed by atoms with Gasteiger partial charge in [-0.05, 0) is 64.3 Å². The fraction of sp³-hybridized carbons (Fsp3) is 0.350. The second-order valence-electron chi connectivity index (χ2n) is 6.58. The third kappa shape index (κ3) is 4.36. The number of nitrogens with one attached hydrogen (secondary N) is 3. The summed E-state index contributed by atoms with van der Waals surface area (Å²) in [6.07, 6.45) is -0.801. The van der Waals surface area contributed by atoms with Gasteiger partial charge < -0.3 is 9.72 Å². The van der Waals surface area contributed by atoms with Gasteiger partial charge in [-0.1, -0.05) is 12.1 Å². The molecule has 1 heterocycles. The zero-order valence-corrected chi connectivity index (χ0v) is 16.4. The van der Waals surface area contributed by atoms with E-state index < -0.39 is 17.9 Å². The summed E-state index contributed by atoms with van der Waals surface area (Å²) in [5.41, 5.74) is 8.60. The number of hydrogen-bond acceptors (Lipinski definition) is 4. The van der Waals surface area contributed by atoms with Gasteiger partial charge >= 0.3 is 0 Å². The first kappa shape index (κ1) is 20.2. The molecule has 1 aromatic heterocycles. The number of ether oxygens (including phenoxy) is 1. The van der Waals surface area contributed by atoms with Crippen LogP contribution in [0.15, 0.2) is 18.2 Å². The molecule has 2 amide bonds. The first-order valence-electron chi connectivity index (χ1n) is 8.66. The molecule has 0 spiro atoms. The summed E-state index contributed by atoms with van der Waals surface area (Å²) in [7, 11) is 0. The molecule has 0 saturated heterocycles. The van der Waals surface area contributed by atoms with Crippen molar-refractivity contribution in [1.29, 1.82) is 0 Å². The van der Waals surface area contributed by atoms with Crippen LogP contribution in [0.2, 0.25) is 0 Å². The first-order valence-corrected chi connectivity index (χ1v) is 8.66. The number of carbonyl (C=O) groups excluding carboxylic acids is 3. The predicted molar refractivity (Wildman–Crippen MR) is 102 cm³/mol. The molecule has 0 fully saturated rings. The van der Waals surface area contributed by atoms with Gasteiger partial charge in [0, 0.05) is 11.3 Å². The van der Waals surface area contributed by atoms with E-state index in [9.17, 15) is 14.4 Å². The summed E-state index contributed by atoms with van der Waals surface area (Å²) in [5.74, 6) is -0.529. The zero-order valence-electron chi connectivity index (χ0n) is 16.4. The van der Waals surface area contributed by atoms with Gasteiger partial charge in [0.2, 0.25) is 0 Å². The molecule has 1 aromatic carbocycles. The van der Waals surface area contributed by atoms with E-state index in [1.54, 1.807) is 26.8 Å². The average Bonchev–Trinajstić information content (AvgIpc) is 2.91. The van der Waals surface area contributed by atoms with Crippen LogP contribution in [-0.2, 0) is 4.79 Å². The zero-order chi connectivity index (χ0) is 20.3. The van der Waals surface area contributed by atoms with E-state index in [0.29, 0.717) is 22.6 Å². The average molecular weight is 371 g/mol. The Morgan fingerprint density at radius 1 is 1.04 bits per heavy atom. The largest absolute Gasteiger partial charge is 0.481 e. The molecule has 0 aliphatic heterocycles. The lowest BCUT2D eigenvalue weighted by atomic mass is 10.1. The van der Waals surface area contributed by atoms with Crippen LogP contribution in [-0.4, -0.2) is 28.7 Å². The number of hydrogen-bond donors (Lipinski definition) is 3. The predicted octanol–water partition coefficient (Wildman–Crippen LogP) is 2.68. The molecule has 0 saturated carbocycles. The Balaban J connectivity index is 2.00. The number of amides is 2. The van der Waals surface area contributed by atoms with Crippen LogP contribution in [0.4, 0.5) is 0 Å². The molecule has 2 rings (SSSR count). The number of H-pyrrole nitrogens is 1. The molecule has 0 radical (unpaired) electrons. The van der Waals surface area contributed by atoms with Gasteiger partial charge in [0.25, 0.3) is 11.8 Å². The fourth-order valence-corrected chi connectivity index (χ4v) is 2.88. The number of hydrazine groups is 1. The third-order valence-electron chi connectivity index (χ3n) is 4.54. The van der Waals surface area contributed by atoms with Crippen LogP contribution in [0.5, 0.6) is 5.75 Å². The highest BCUT2D eigenvalue weighted by atomic mass is 16.5. The highest BCUT2D eigenvalue weighted by molar-refractivity contribution is 6.02. The van der Waals surface area contributed by atoms with Crippen molar-refractivity contribution in [2.45, 2.75) is 47.6 Å². The summed E-state index contributed by atoms with van der Waals surface area (Å²) in [6, 6.07) is 5.61. The van der Waals surface area contributed by atoms with Crippen molar-refractivity contribution in [3.05, 3.63) is 51.8 Å². The summed E-state index contributed by atoms with van der Waals surface area (Å²) in [5, 5.41) is 0. The second-order valence-corrected chi connectivity index (χ2v) is 6.58. The van der Waals surface area contributed by atoms with E-state index in [0.717, 1.165) is 11.1 Å². The number of aryl methyl sites for hydroxylation is 2. The molecule has 1 atom stereocenters. The number of carbonyl (C=O) groups is 3. The third-order valence-corrected chi connectivity index (χ3v) is 4.54. The Labute approximate surface area is 158 Å². The number of aromatic nitrogens is 1. The molecule has 2 aromatic rings. The van der Waals surface area contributed by atoms with Crippen molar-refractivity contribution in [3.63, 3.8) is 0 Å². The summed E-state index contributed by atoms with van der Waals surface area (Å²) >= 11 is 0. The minimum atomic E-state index is -0.801. The summed E-state index contributed by atoms with van der Waals surface area (Å²) in [4.78, 5) is 39.1. The van der Waals surface area contributed by atoms with E-state index in [-0.39, 0.29) is 11.5 Å². The topological polar surface area (TPSA) is 100 Å². The molecular formula is C20H25N3O4. The molecule has 0 aliphatic carbocycles. The van der Waals surface area contributed by atoms with Gasteiger partial charge in [0.15, 0.2) is 11.9 Å². The minimum Gasteiger partial charge on any atom is -0.481 e. The van der Waals surface area contributed by atoms with Crippen LogP contribution < -0.4 is 15.6 Å². The fourth-order valence-electron chi connectivity index (χ4n) is 2.88. The van der Waals surface area contributed by atoms with Gasteiger partial charge in [-0.3, -0.25) is 25.2 Å². The Bertz CT molecular complexity index is 899. The maximum atomic E-state index is 12.3. The van der Waals surface area contributed by atoms with Gasteiger partial charge in [-0.2, -0.15) is 0 Å². The number of rotatable bonds is 5. The number of Topliss-reactive ketones (excluding diaryl/α,β-unsaturated/α-hetero) is 1. The lowest BCUT2D eigenvalue weighted by Crippen LogP contribution is -2.47. The summed E-state index contributed by atoms with van der Waals surface area (Å²) < 4.78 is 5.69. The number of aromatic amines is 1. The molecule has 7 nitrogen and oxygen atoms in total. The Kier molecular flexibility index (Phi) is 6.05. The van der Waals surface area contributed by atoms with Crippen LogP contribution in [0.25, 0.3) is 0 Å². The number of benzene rings is 1. The standard InChI is InChI=1S/C20H25N3O4/c1-10-8-7-9-16(11(10)2)27-15(6)19(25)22-23-20(26)18-12(3)17(14(5)24)13(4)21-18/h7-9,15,21H,1-6H3,(H,22,25)(H,23,26). The number of ketones is 1. The van der Waals surface area contributed by atoms with Crippen LogP contribution in [0.1, 0.15) is 57.1 Å². The van der Waals surface area contributed by atoms with Crippen LogP contribution >= 0.6 is 0 Å². The Morgan fingerprint density at radius 2 is 1.70 bits per heavy atom. The molecule has 144 valence electrons. The lowest BCUT2D eigenvalue weighted by molar-refractivity contribution is -0.128. The summed E-state index contributed by atoms with van der Waals surface area (Å²) in [6.45, 7) is 10.3. The Morgan fingerprint density at radius 3 is 2.30 bits per heavy atom. The van der Waals surface area contributed by atoms with Crippen molar-refractivity contribution in [1.82, 2.24) is 15.8 Å². The van der Waals surface area contributed by atoms with E-state index in [1.165, 1.54) is 6.92 Å².